The second-order valence-corrected chi connectivity index (χ2v) is 11.4. The third-order valence-corrected chi connectivity index (χ3v) is 7.76. The molecule has 0 spiro atoms. The van der Waals surface area contributed by atoms with Gasteiger partial charge in [-0.25, -0.2) is 23.6 Å². The van der Waals surface area contributed by atoms with Crippen LogP contribution in [0, 0.1) is 11.7 Å². The molecule has 2 unspecified atom stereocenters. The first kappa shape index (κ1) is 42.3. The molecule has 13 nitrogen and oxygen atoms in total. The molecule has 49 heavy (non-hydrogen) atoms. The van der Waals surface area contributed by atoms with Crippen LogP contribution in [0.25, 0.3) is 0 Å². The van der Waals surface area contributed by atoms with E-state index >= 15 is 0 Å². The SMILES string of the molecule is CC(CN1CCN(CC(c2ccc(F)cc2)N2CCCCC2)CC1)C(=O)c1ccccc1.O.O=C(O)C=CC(=O)O.O=C(O)C=CC(=O)O. The summed E-state index contributed by atoms with van der Waals surface area (Å²) in [6.07, 6.45) is 6.04. The Labute approximate surface area is 284 Å². The van der Waals surface area contributed by atoms with Gasteiger partial charge in [-0.1, -0.05) is 55.8 Å². The molecule has 2 saturated heterocycles. The van der Waals surface area contributed by atoms with Gasteiger partial charge in [0, 0.05) is 81.1 Å². The zero-order valence-electron chi connectivity index (χ0n) is 27.5. The van der Waals surface area contributed by atoms with Gasteiger partial charge in [-0.3, -0.25) is 14.6 Å². The monoisotopic (exact) mass is 687 g/mol. The molecule has 4 rings (SSSR count). The molecule has 6 N–H and O–H groups in total. The van der Waals surface area contributed by atoms with Crippen LogP contribution in [-0.2, 0) is 19.2 Å². The van der Waals surface area contributed by atoms with Crippen molar-refractivity contribution in [2.24, 2.45) is 5.92 Å². The number of piperazine rings is 1. The van der Waals surface area contributed by atoms with Gasteiger partial charge in [-0.2, -0.15) is 0 Å². The van der Waals surface area contributed by atoms with Crippen LogP contribution in [0.15, 0.2) is 78.9 Å². The molecule has 2 atom stereocenters. The minimum absolute atomic E-state index is 0. The van der Waals surface area contributed by atoms with Crippen LogP contribution in [0.4, 0.5) is 4.39 Å². The summed E-state index contributed by atoms with van der Waals surface area (Å²) in [5, 5.41) is 31.2. The number of nitrogens with zero attached hydrogens (tertiary/aromatic N) is 3. The Kier molecular flexibility index (Phi) is 19.6. The van der Waals surface area contributed by atoms with Crippen LogP contribution >= 0.6 is 0 Å². The highest BCUT2D eigenvalue weighted by Crippen LogP contribution is 2.26. The molecule has 2 aromatic rings. The number of halogens is 1. The van der Waals surface area contributed by atoms with E-state index in [0.29, 0.717) is 30.3 Å². The fourth-order valence-corrected chi connectivity index (χ4v) is 5.39. The molecule has 0 amide bonds. The summed E-state index contributed by atoms with van der Waals surface area (Å²) in [7, 11) is 0. The van der Waals surface area contributed by atoms with Crippen molar-refractivity contribution in [3.63, 3.8) is 0 Å². The highest BCUT2D eigenvalue weighted by Gasteiger charge is 2.27. The highest BCUT2D eigenvalue weighted by atomic mass is 19.1. The lowest BCUT2D eigenvalue weighted by atomic mass is 9.98. The number of rotatable bonds is 12. The molecule has 2 aliphatic heterocycles. The van der Waals surface area contributed by atoms with E-state index < -0.39 is 23.9 Å². The van der Waals surface area contributed by atoms with Crippen LogP contribution in [0.1, 0.15) is 48.1 Å². The number of carbonyl (C=O) groups excluding carboxylic acids is 1. The van der Waals surface area contributed by atoms with Gasteiger partial charge < -0.3 is 30.8 Å². The Morgan fingerprint density at radius 3 is 1.51 bits per heavy atom. The summed E-state index contributed by atoms with van der Waals surface area (Å²) in [5.74, 6) is -4.96. The summed E-state index contributed by atoms with van der Waals surface area (Å²) in [5.41, 5.74) is 2.03. The summed E-state index contributed by atoms with van der Waals surface area (Å²) in [6.45, 7) is 10.1. The van der Waals surface area contributed by atoms with Gasteiger partial charge in [0.05, 0.1) is 0 Å². The van der Waals surface area contributed by atoms with Crippen molar-refractivity contribution in [2.75, 3.05) is 52.4 Å². The van der Waals surface area contributed by atoms with Crippen molar-refractivity contribution in [1.29, 1.82) is 0 Å². The first-order chi connectivity index (χ1) is 22.8. The molecule has 14 heteroatoms. The van der Waals surface area contributed by atoms with Gasteiger partial charge in [-0.15, -0.1) is 0 Å². The van der Waals surface area contributed by atoms with Crippen LogP contribution in [-0.4, -0.2) is 123 Å². The number of hydrogen-bond donors (Lipinski definition) is 4. The van der Waals surface area contributed by atoms with Gasteiger partial charge in [0.15, 0.2) is 5.78 Å². The summed E-state index contributed by atoms with van der Waals surface area (Å²) < 4.78 is 13.5. The standard InChI is InChI=1S/C27H36FN3O.2C4H4O4.H2O/c1-22(27(32)24-8-4-2-5-9-24)20-29-16-18-30(19-17-29)21-26(31-14-6-3-7-15-31)23-10-12-25(28)13-11-23;2*5-3(6)1-2-4(7)8;/h2,4-5,8-13,22,26H,3,6-7,14-21H2,1H3;2*1-2H,(H,5,6)(H,7,8);1H2. The molecule has 0 aliphatic carbocycles. The summed E-state index contributed by atoms with van der Waals surface area (Å²) in [4.78, 5) is 58.5. The van der Waals surface area contributed by atoms with E-state index in [9.17, 15) is 28.4 Å². The number of likely N-dealkylation sites (tertiary alicyclic amines) is 1. The van der Waals surface area contributed by atoms with Gasteiger partial charge in [0.1, 0.15) is 5.82 Å². The normalized spacial score (nSPS) is 16.6. The number of benzene rings is 2. The largest absolute Gasteiger partial charge is 0.478 e. The maximum Gasteiger partial charge on any atom is 0.328 e. The lowest BCUT2D eigenvalue weighted by Gasteiger charge is -2.41. The summed E-state index contributed by atoms with van der Waals surface area (Å²) >= 11 is 0. The third-order valence-electron chi connectivity index (χ3n) is 7.76. The van der Waals surface area contributed by atoms with E-state index in [-0.39, 0.29) is 23.0 Å². The third kappa shape index (κ3) is 17.3. The minimum Gasteiger partial charge on any atom is -0.478 e. The number of hydrogen-bond acceptors (Lipinski definition) is 8. The fourth-order valence-electron chi connectivity index (χ4n) is 5.39. The Bertz CT molecular complexity index is 1320. The van der Waals surface area contributed by atoms with Crippen molar-refractivity contribution in [2.45, 2.75) is 32.2 Å². The number of carboxylic acid groups (broad SMARTS) is 4. The molecule has 0 bridgehead atoms. The molecule has 2 aliphatic rings. The minimum atomic E-state index is -1.26. The molecular formula is C35H46FN3O10. The number of piperidine rings is 1. The van der Waals surface area contributed by atoms with E-state index in [2.05, 4.69) is 14.7 Å². The molecule has 2 aromatic carbocycles. The topological polar surface area (TPSA) is 207 Å². The highest BCUT2D eigenvalue weighted by molar-refractivity contribution is 5.97. The second kappa shape index (κ2) is 22.7. The van der Waals surface area contributed by atoms with E-state index in [4.69, 9.17) is 20.4 Å². The van der Waals surface area contributed by atoms with Crippen molar-refractivity contribution >= 4 is 29.7 Å². The molecule has 0 radical (unpaired) electrons. The lowest BCUT2D eigenvalue weighted by Crippen LogP contribution is -2.50. The van der Waals surface area contributed by atoms with Crippen molar-refractivity contribution in [3.05, 3.63) is 95.8 Å². The summed E-state index contributed by atoms with van der Waals surface area (Å²) in [6, 6.07) is 17.1. The number of Topliss-reactive ketones (excluding diaryl/α,β-unsaturated/α-hetero) is 1. The Morgan fingerprint density at radius 2 is 1.08 bits per heavy atom. The van der Waals surface area contributed by atoms with Crippen LogP contribution in [0.2, 0.25) is 0 Å². The average molecular weight is 688 g/mol. The van der Waals surface area contributed by atoms with Gasteiger partial charge in [0.25, 0.3) is 0 Å². The predicted octanol–water partition coefficient (Wildman–Crippen LogP) is 3.09. The predicted molar refractivity (Wildman–Crippen MR) is 180 cm³/mol. The van der Waals surface area contributed by atoms with Gasteiger partial charge in [-0.05, 0) is 43.6 Å². The van der Waals surface area contributed by atoms with E-state index in [0.717, 1.165) is 57.9 Å². The fraction of sp³-hybridized carbons (Fsp3) is 0.400. The van der Waals surface area contributed by atoms with Crippen LogP contribution < -0.4 is 0 Å². The Morgan fingerprint density at radius 1 is 0.653 bits per heavy atom. The quantitative estimate of drug-likeness (QED) is 0.188. The van der Waals surface area contributed by atoms with Crippen LogP contribution in [0.5, 0.6) is 0 Å². The van der Waals surface area contributed by atoms with Crippen molar-refractivity contribution in [3.8, 4) is 0 Å². The molecule has 2 fully saturated rings. The maximum absolute atomic E-state index is 13.5. The molecule has 0 saturated carbocycles. The Hall–Kier alpha value is -4.76. The molecular weight excluding hydrogens is 641 g/mol. The van der Waals surface area contributed by atoms with Gasteiger partial charge >= 0.3 is 23.9 Å². The van der Waals surface area contributed by atoms with Crippen molar-refractivity contribution in [1.82, 2.24) is 14.7 Å². The van der Waals surface area contributed by atoms with Crippen molar-refractivity contribution < 1.29 is 54.3 Å². The molecule has 268 valence electrons. The number of ketones is 1. The lowest BCUT2D eigenvalue weighted by molar-refractivity contribution is -0.134. The zero-order chi connectivity index (χ0) is 35.5. The first-order valence-electron chi connectivity index (χ1n) is 15.7. The van der Waals surface area contributed by atoms with E-state index in [1.807, 2.05) is 49.4 Å². The van der Waals surface area contributed by atoms with E-state index in [1.54, 1.807) is 12.1 Å². The maximum atomic E-state index is 13.5. The zero-order valence-corrected chi connectivity index (χ0v) is 27.5. The number of carbonyl (C=O) groups is 5. The second-order valence-electron chi connectivity index (χ2n) is 11.4. The van der Waals surface area contributed by atoms with Crippen LogP contribution in [0.3, 0.4) is 0 Å². The number of carboxylic acids is 4. The average Bonchev–Trinajstić information content (AvgIpc) is 3.07. The molecule has 2 heterocycles. The first-order valence-corrected chi connectivity index (χ1v) is 15.7. The van der Waals surface area contributed by atoms with Gasteiger partial charge in [0.2, 0.25) is 0 Å². The molecule has 0 aromatic heterocycles. The van der Waals surface area contributed by atoms with E-state index in [1.165, 1.54) is 24.8 Å². The Balaban J connectivity index is 0.000000588. The number of aliphatic carboxylic acids is 4. The smallest absolute Gasteiger partial charge is 0.328 e.